The first-order valence-corrected chi connectivity index (χ1v) is 13.4. The summed E-state index contributed by atoms with van der Waals surface area (Å²) in [5, 5.41) is 0. The number of carbonyl (C=O) groups is 4. The molecule has 0 heterocycles. The highest BCUT2D eigenvalue weighted by Crippen LogP contribution is 2.31. The Morgan fingerprint density at radius 3 is 1.05 bits per heavy atom. The molecule has 0 bridgehead atoms. The van der Waals surface area contributed by atoms with Gasteiger partial charge in [0.1, 0.15) is 0 Å². The summed E-state index contributed by atoms with van der Waals surface area (Å²) in [5.41, 5.74) is 6.85. The molecule has 2 aliphatic carbocycles. The van der Waals surface area contributed by atoms with Crippen LogP contribution in [0.3, 0.4) is 0 Å². The Hall–Kier alpha value is -4.44. The van der Waals surface area contributed by atoms with Crippen molar-refractivity contribution >= 4 is 23.1 Å². The number of fused-ring (bicyclic) bond motifs is 4. The van der Waals surface area contributed by atoms with Crippen LogP contribution in [-0.2, 0) is 0 Å². The third kappa shape index (κ3) is 5.15. The van der Waals surface area contributed by atoms with E-state index in [0.29, 0.717) is 44.5 Å². The summed E-state index contributed by atoms with van der Waals surface area (Å²) in [7, 11) is 0. The minimum absolute atomic E-state index is 0.0404. The van der Waals surface area contributed by atoms with Gasteiger partial charge in [0.05, 0.1) is 0 Å². The molecule has 0 atom stereocenters. The SMILES string of the molecule is CC.CC.Cc1ccc(C)c2c1C(=O)c1ccccc1C2=O.Cc1cccc2c1C(=O)c1ccccc1C2=O. The van der Waals surface area contributed by atoms with E-state index in [0.717, 1.165) is 16.7 Å². The Bertz CT molecular complexity index is 1530. The molecule has 39 heavy (non-hydrogen) atoms. The second-order valence-electron chi connectivity index (χ2n) is 8.85. The maximum Gasteiger partial charge on any atom is 0.194 e. The van der Waals surface area contributed by atoms with Crippen LogP contribution in [0.1, 0.15) is 108 Å². The van der Waals surface area contributed by atoms with Gasteiger partial charge in [0.15, 0.2) is 23.1 Å². The zero-order chi connectivity index (χ0) is 28.9. The molecule has 0 unspecified atom stereocenters. The van der Waals surface area contributed by atoms with Crippen molar-refractivity contribution in [3.63, 3.8) is 0 Å². The number of benzene rings is 4. The maximum atomic E-state index is 12.5. The first-order chi connectivity index (χ1) is 18.8. The van der Waals surface area contributed by atoms with Gasteiger partial charge in [-0.25, -0.2) is 0 Å². The maximum absolute atomic E-state index is 12.5. The molecule has 0 aliphatic heterocycles. The van der Waals surface area contributed by atoms with Crippen LogP contribution in [0.2, 0.25) is 0 Å². The highest BCUT2D eigenvalue weighted by molar-refractivity contribution is 6.30. The van der Waals surface area contributed by atoms with Gasteiger partial charge in [0.2, 0.25) is 0 Å². The molecule has 4 heteroatoms. The summed E-state index contributed by atoms with van der Waals surface area (Å²) >= 11 is 0. The Balaban J connectivity index is 0.000000192. The molecule has 0 radical (unpaired) electrons. The molecule has 4 aromatic rings. The minimum Gasteiger partial charge on any atom is -0.289 e. The van der Waals surface area contributed by atoms with Crippen molar-refractivity contribution < 1.29 is 19.2 Å². The lowest BCUT2D eigenvalue weighted by atomic mass is 9.80. The summed E-state index contributed by atoms with van der Waals surface area (Å²) in [6.45, 7) is 13.6. The Morgan fingerprint density at radius 1 is 0.333 bits per heavy atom. The quantitative estimate of drug-likeness (QED) is 0.205. The highest BCUT2D eigenvalue weighted by atomic mass is 16.1. The van der Waals surface area contributed by atoms with E-state index in [1.165, 1.54) is 0 Å². The van der Waals surface area contributed by atoms with E-state index >= 15 is 0 Å². The summed E-state index contributed by atoms with van der Waals surface area (Å²) in [6, 6.07) is 23.2. The molecular weight excluding hydrogens is 484 g/mol. The molecule has 4 aromatic carbocycles. The van der Waals surface area contributed by atoms with E-state index in [9.17, 15) is 19.2 Å². The highest BCUT2D eigenvalue weighted by Gasteiger charge is 2.32. The first kappa shape index (κ1) is 29.1. The fourth-order valence-electron chi connectivity index (χ4n) is 4.86. The summed E-state index contributed by atoms with van der Waals surface area (Å²) in [5.74, 6) is -0.185. The molecule has 4 nitrogen and oxygen atoms in total. The summed E-state index contributed by atoms with van der Waals surface area (Å²) in [6.07, 6.45) is 0. The Kier molecular flexibility index (Phi) is 9.26. The van der Waals surface area contributed by atoms with Gasteiger partial charge >= 0.3 is 0 Å². The van der Waals surface area contributed by atoms with Crippen LogP contribution in [0, 0.1) is 20.8 Å². The van der Waals surface area contributed by atoms with E-state index in [1.54, 1.807) is 54.6 Å². The third-order valence-electron chi connectivity index (χ3n) is 6.65. The van der Waals surface area contributed by atoms with Crippen molar-refractivity contribution in [1.82, 2.24) is 0 Å². The number of hydrogen-bond acceptors (Lipinski definition) is 4. The molecule has 0 N–H and O–H groups in total. The van der Waals surface area contributed by atoms with Crippen molar-refractivity contribution in [3.05, 3.63) is 140 Å². The van der Waals surface area contributed by atoms with Crippen LogP contribution in [-0.4, -0.2) is 23.1 Å². The van der Waals surface area contributed by atoms with Gasteiger partial charge in [-0.05, 0) is 37.5 Å². The normalized spacial score (nSPS) is 12.2. The molecule has 0 fully saturated rings. The average Bonchev–Trinajstić information content (AvgIpc) is 2.98. The van der Waals surface area contributed by atoms with Crippen LogP contribution in [0.15, 0.2) is 78.9 Å². The lowest BCUT2D eigenvalue weighted by Crippen LogP contribution is -2.23. The van der Waals surface area contributed by atoms with Crippen molar-refractivity contribution in [1.29, 1.82) is 0 Å². The second-order valence-corrected chi connectivity index (χ2v) is 8.85. The summed E-state index contributed by atoms with van der Waals surface area (Å²) in [4.78, 5) is 49.5. The van der Waals surface area contributed by atoms with Gasteiger partial charge in [-0.3, -0.25) is 19.2 Å². The van der Waals surface area contributed by atoms with E-state index in [2.05, 4.69) is 0 Å². The van der Waals surface area contributed by atoms with Crippen molar-refractivity contribution in [2.45, 2.75) is 48.5 Å². The van der Waals surface area contributed by atoms with E-state index in [4.69, 9.17) is 0 Å². The fourth-order valence-corrected chi connectivity index (χ4v) is 4.86. The lowest BCUT2D eigenvalue weighted by Gasteiger charge is -2.20. The van der Waals surface area contributed by atoms with Crippen molar-refractivity contribution in [3.8, 4) is 0 Å². The lowest BCUT2D eigenvalue weighted by molar-refractivity contribution is 0.0978. The van der Waals surface area contributed by atoms with E-state index in [-0.39, 0.29) is 23.1 Å². The van der Waals surface area contributed by atoms with Crippen molar-refractivity contribution in [2.75, 3.05) is 0 Å². The van der Waals surface area contributed by atoms with Gasteiger partial charge in [-0.15, -0.1) is 0 Å². The molecule has 0 amide bonds. The Morgan fingerprint density at radius 2 is 0.641 bits per heavy atom. The van der Waals surface area contributed by atoms with Crippen LogP contribution < -0.4 is 0 Å². The number of carbonyl (C=O) groups excluding carboxylic acids is 4. The topological polar surface area (TPSA) is 68.3 Å². The predicted octanol–water partition coefficient (Wildman–Crippen LogP) is 7.90. The number of hydrogen-bond donors (Lipinski definition) is 0. The van der Waals surface area contributed by atoms with Crippen LogP contribution in [0.25, 0.3) is 0 Å². The number of rotatable bonds is 0. The van der Waals surface area contributed by atoms with Crippen LogP contribution in [0.4, 0.5) is 0 Å². The zero-order valence-corrected chi connectivity index (χ0v) is 23.6. The molecule has 198 valence electrons. The van der Waals surface area contributed by atoms with Gasteiger partial charge < -0.3 is 0 Å². The van der Waals surface area contributed by atoms with Gasteiger partial charge in [-0.1, -0.05) is 107 Å². The van der Waals surface area contributed by atoms with Crippen molar-refractivity contribution in [2.24, 2.45) is 0 Å². The molecule has 0 saturated carbocycles. The largest absolute Gasteiger partial charge is 0.289 e. The van der Waals surface area contributed by atoms with Gasteiger partial charge in [0, 0.05) is 44.5 Å². The third-order valence-corrected chi connectivity index (χ3v) is 6.65. The van der Waals surface area contributed by atoms with Gasteiger partial charge in [0.25, 0.3) is 0 Å². The molecule has 0 spiro atoms. The van der Waals surface area contributed by atoms with E-state index in [1.807, 2.05) is 72.7 Å². The number of aryl methyl sites for hydroxylation is 3. The summed E-state index contributed by atoms with van der Waals surface area (Å²) < 4.78 is 0. The zero-order valence-electron chi connectivity index (χ0n) is 23.6. The minimum atomic E-state index is -0.0566. The predicted molar refractivity (Wildman–Crippen MR) is 156 cm³/mol. The fraction of sp³-hybridized carbons (Fsp3) is 0.200. The van der Waals surface area contributed by atoms with Gasteiger partial charge in [-0.2, -0.15) is 0 Å². The molecule has 2 aliphatic rings. The van der Waals surface area contributed by atoms with Crippen LogP contribution >= 0.6 is 0 Å². The smallest absolute Gasteiger partial charge is 0.194 e. The molecule has 0 aromatic heterocycles. The average molecular weight is 519 g/mol. The molecular formula is C35H34O4. The number of ketones is 4. The van der Waals surface area contributed by atoms with E-state index < -0.39 is 0 Å². The standard InChI is InChI=1S/C16H12O2.C15H10O2.2C2H6/c1-9-7-8-10(2)14-13(9)15(17)11-5-3-4-6-12(11)16(14)18;1-9-5-4-8-12-13(9)15(17)11-7-3-2-6-10(11)14(12)16;2*1-2/h3-8H,1-2H3;2-8H,1H3;2*1-2H3. The monoisotopic (exact) mass is 518 g/mol. The Labute approximate surface area is 230 Å². The second kappa shape index (κ2) is 12.4. The first-order valence-electron chi connectivity index (χ1n) is 13.4. The van der Waals surface area contributed by atoms with Crippen LogP contribution in [0.5, 0.6) is 0 Å². The molecule has 0 saturated heterocycles. The molecule has 6 rings (SSSR count).